The lowest BCUT2D eigenvalue weighted by Crippen LogP contribution is -2.17. The third-order valence-corrected chi connectivity index (χ3v) is 3.61. The lowest BCUT2D eigenvalue weighted by Gasteiger charge is -2.15. The number of anilines is 2. The summed E-state index contributed by atoms with van der Waals surface area (Å²) in [5.41, 5.74) is 13.9. The van der Waals surface area contributed by atoms with Gasteiger partial charge in [0.05, 0.1) is 5.69 Å². The number of nitrogens with two attached hydrogens (primary N) is 2. The largest absolute Gasteiger partial charge is 0.573 e. The molecule has 5 nitrogen and oxygen atoms in total. The second kappa shape index (κ2) is 5.04. The van der Waals surface area contributed by atoms with Crippen molar-refractivity contribution in [1.82, 2.24) is 9.97 Å². The van der Waals surface area contributed by atoms with Gasteiger partial charge in [-0.15, -0.1) is 13.2 Å². The van der Waals surface area contributed by atoms with Crippen molar-refractivity contribution in [3.63, 3.8) is 0 Å². The lowest BCUT2D eigenvalue weighted by molar-refractivity contribution is -0.274. The molecule has 0 bridgehead atoms. The molecule has 0 saturated carbocycles. The average molecular weight is 310 g/mol. The molecule has 0 fully saturated rings. The van der Waals surface area contributed by atoms with Crippen molar-refractivity contribution in [3.05, 3.63) is 41.1 Å². The zero-order chi connectivity index (χ0) is 15.9. The smallest absolute Gasteiger partial charge is 0.406 e. The monoisotopic (exact) mass is 310 g/mol. The molecule has 0 radical (unpaired) electrons. The maximum absolute atomic E-state index is 12.2. The summed E-state index contributed by atoms with van der Waals surface area (Å²) in [7, 11) is 0. The average Bonchev–Trinajstić information content (AvgIpc) is 2.81. The van der Waals surface area contributed by atoms with Gasteiger partial charge in [-0.3, -0.25) is 0 Å². The summed E-state index contributed by atoms with van der Waals surface area (Å²) in [5.74, 6) is 0.151. The topological polar surface area (TPSA) is 87.0 Å². The highest BCUT2D eigenvalue weighted by molar-refractivity contribution is 5.54. The van der Waals surface area contributed by atoms with E-state index in [9.17, 15) is 13.2 Å². The van der Waals surface area contributed by atoms with Crippen molar-refractivity contribution in [2.75, 3.05) is 11.5 Å². The fourth-order valence-corrected chi connectivity index (χ4v) is 2.79. The van der Waals surface area contributed by atoms with Crippen LogP contribution in [0.5, 0.6) is 5.75 Å². The van der Waals surface area contributed by atoms with E-state index >= 15 is 0 Å². The number of nitrogen functional groups attached to an aromatic ring is 2. The van der Waals surface area contributed by atoms with E-state index in [1.165, 1.54) is 12.1 Å². The second-order valence-corrected chi connectivity index (χ2v) is 5.04. The van der Waals surface area contributed by atoms with Crippen molar-refractivity contribution in [1.29, 1.82) is 0 Å². The number of rotatable bonds is 2. The first-order chi connectivity index (χ1) is 10.3. The predicted molar refractivity (Wildman–Crippen MR) is 74.1 cm³/mol. The number of alkyl halides is 3. The summed E-state index contributed by atoms with van der Waals surface area (Å²) < 4.78 is 40.4. The number of hydrogen-bond acceptors (Lipinski definition) is 5. The molecule has 1 aliphatic rings. The molecule has 3 rings (SSSR count). The maximum Gasteiger partial charge on any atom is 0.573 e. The quantitative estimate of drug-likeness (QED) is 0.890. The standard InChI is InChI=1S/C14H13F3N4O/c15-14(16,17)22-8-3-1-7(2-4-8)9-5-6-10-11(9)12(18)21-13(19)20-10/h1-4,9H,5-6H2,(H4,18,19,20,21). The highest BCUT2D eigenvalue weighted by Gasteiger charge is 2.32. The van der Waals surface area contributed by atoms with Crippen LogP contribution in [0, 0.1) is 0 Å². The van der Waals surface area contributed by atoms with Crippen LogP contribution in [0.2, 0.25) is 0 Å². The van der Waals surface area contributed by atoms with E-state index in [-0.39, 0.29) is 17.6 Å². The van der Waals surface area contributed by atoms with Crippen LogP contribution in [0.4, 0.5) is 24.9 Å². The molecule has 22 heavy (non-hydrogen) atoms. The van der Waals surface area contributed by atoms with Crippen LogP contribution >= 0.6 is 0 Å². The summed E-state index contributed by atoms with van der Waals surface area (Å²) in [4.78, 5) is 8.13. The van der Waals surface area contributed by atoms with Crippen molar-refractivity contribution in [3.8, 4) is 5.75 Å². The number of benzene rings is 1. The van der Waals surface area contributed by atoms with Crippen LogP contribution in [0.1, 0.15) is 29.2 Å². The third-order valence-electron chi connectivity index (χ3n) is 3.61. The van der Waals surface area contributed by atoms with Gasteiger partial charge in [-0.25, -0.2) is 4.98 Å². The number of fused-ring (bicyclic) bond motifs is 1. The summed E-state index contributed by atoms with van der Waals surface area (Å²) in [6, 6.07) is 5.76. The van der Waals surface area contributed by atoms with Crippen LogP contribution in [0.15, 0.2) is 24.3 Å². The number of hydrogen-bond donors (Lipinski definition) is 2. The van der Waals surface area contributed by atoms with Gasteiger partial charge in [-0.2, -0.15) is 4.98 Å². The fraction of sp³-hybridized carbons (Fsp3) is 0.286. The first-order valence-electron chi connectivity index (χ1n) is 6.61. The molecule has 0 amide bonds. The van der Waals surface area contributed by atoms with E-state index in [0.717, 1.165) is 23.2 Å². The minimum Gasteiger partial charge on any atom is -0.406 e. The summed E-state index contributed by atoms with van der Waals surface area (Å²) in [6.45, 7) is 0. The molecular formula is C14H13F3N4O. The molecule has 1 aromatic heterocycles. The van der Waals surface area contributed by atoms with Gasteiger partial charge in [-0.05, 0) is 30.5 Å². The van der Waals surface area contributed by atoms with Crippen molar-refractivity contribution in [2.45, 2.75) is 25.1 Å². The molecule has 0 aliphatic heterocycles. The van der Waals surface area contributed by atoms with Gasteiger partial charge in [0.1, 0.15) is 11.6 Å². The van der Waals surface area contributed by atoms with Gasteiger partial charge < -0.3 is 16.2 Å². The highest BCUT2D eigenvalue weighted by Crippen LogP contribution is 2.40. The van der Waals surface area contributed by atoms with E-state index in [0.29, 0.717) is 12.2 Å². The Morgan fingerprint density at radius 2 is 1.77 bits per heavy atom. The molecule has 1 aliphatic carbocycles. The zero-order valence-corrected chi connectivity index (χ0v) is 11.4. The van der Waals surface area contributed by atoms with Gasteiger partial charge in [0, 0.05) is 11.5 Å². The predicted octanol–water partition coefficient (Wildman–Crippen LogP) is 2.62. The van der Waals surface area contributed by atoms with E-state index in [2.05, 4.69) is 14.7 Å². The zero-order valence-electron chi connectivity index (χ0n) is 11.4. The molecule has 1 unspecified atom stereocenters. The molecular weight excluding hydrogens is 297 g/mol. The molecule has 1 aromatic carbocycles. The number of halogens is 3. The Morgan fingerprint density at radius 3 is 2.41 bits per heavy atom. The Bertz CT molecular complexity index is 700. The minimum atomic E-state index is -4.70. The van der Waals surface area contributed by atoms with Crippen molar-refractivity contribution in [2.24, 2.45) is 0 Å². The van der Waals surface area contributed by atoms with Gasteiger partial charge in [0.2, 0.25) is 5.95 Å². The van der Waals surface area contributed by atoms with Crippen LogP contribution in [0.25, 0.3) is 0 Å². The van der Waals surface area contributed by atoms with E-state index in [1.54, 1.807) is 12.1 Å². The Balaban J connectivity index is 1.89. The molecule has 0 saturated heterocycles. The van der Waals surface area contributed by atoms with Crippen LogP contribution in [-0.2, 0) is 6.42 Å². The fourth-order valence-electron chi connectivity index (χ4n) is 2.79. The Hall–Kier alpha value is -2.51. The van der Waals surface area contributed by atoms with E-state index < -0.39 is 6.36 Å². The maximum atomic E-state index is 12.2. The molecule has 8 heteroatoms. The number of nitrogens with zero attached hydrogens (tertiary/aromatic N) is 2. The van der Waals surface area contributed by atoms with Gasteiger partial charge in [-0.1, -0.05) is 12.1 Å². The molecule has 2 aromatic rings. The number of aryl methyl sites for hydroxylation is 1. The van der Waals surface area contributed by atoms with Gasteiger partial charge in [0.25, 0.3) is 0 Å². The van der Waals surface area contributed by atoms with Crippen LogP contribution < -0.4 is 16.2 Å². The lowest BCUT2D eigenvalue weighted by atomic mass is 9.94. The van der Waals surface area contributed by atoms with E-state index in [1.807, 2.05) is 0 Å². The molecule has 0 spiro atoms. The molecule has 4 N–H and O–H groups in total. The van der Waals surface area contributed by atoms with Crippen molar-refractivity contribution < 1.29 is 17.9 Å². The molecule has 116 valence electrons. The number of ether oxygens (including phenoxy) is 1. The van der Waals surface area contributed by atoms with Crippen LogP contribution in [-0.4, -0.2) is 16.3 Å². The van der Waals surface area contributed by atoms with E-state index in [4.69, 9.17) is 11.5 Å². The van der Waals surface area contributed by atoms with Crippen molar-refractivity contribution >= 4 is 11.8 Å². The summed E-state index contributed by atoms with van der Waals surface area (Å²) in [5, 5.41) is 0. The summed E-state index contributed by atoms with van der Waals surface area (Å²) >= 11 is 0. The third kappa shape index (κ3) is 2.76. The van der Waals surface area contributed by atoms with Gasteiger partial charge in [0.15, 0.2) is 0 Å². The normalized spacial score (nSPS) is 17.3. The Labute approximate surface area is 124 Å². The minimum absolute atomic E-state index is 0.0458. The van der Waals surface area contributed by atoms with Gasteiger partial charge >= 0.3 is 6.36 Å². The summed E-state index contributed by atoms with van der Waals surface area (Å²) in [6.07, 6.45) is -3.23. The Kier molecular flexibility index (Phi) is 3.31. The second-order valence-electron chi connectivity index (χ2n) is 5.04. The first-order valence-corrected chi connectivity index (χ1v) is 6.61. The molecule has 1 atom stereocenters. The van der Waals surface area contributed by atoms with Crippen LogP contribution in [0.3, 0.4) is 0 Å². The molecule has 1 heterocycles. The number of aromatic nitrogens is 2. The highest BCUT2D eigenvalue weighted by atomic mass is 19.4. The first kappa shape index (κ1) is 14.4. The SMILES string of the molecule is Nc1nc(N)c2c(n1)CCC2c1ccc(OC(F)(F)F)cc1. The Morgan fingerprint density at radius 1 is 1.09 bits per heavy atom.